The van der Waals surface area contributed by atoms with Crippen LogP contribution >= 0.6 is 0 Å². The van der Waals surface area contributed by atoms with Crippen LogP contribution in [0, 0.1) is 5.92 Å². The molecule has 1 atom stereocenters. The van der Waals surface area contributed by atoms with Crippen molar-refractivity contribution in [2.45, 2.75) is 32.4 Å². The van der Waals surface area contributed by atoms with Crippen molar-refractivity contribution in [3.05, 3.63) is 35.9 Å². The average Bonchev–Trinajstić information content (AvgIpc) is 2.45. The normalized spacial score (nSPS) is 13.5. The van der Waals surface area contributed by atoms with Crippen LogP contribution in [0.1, 0.15) is 25.8 Å². The Morgan fingerprint density at radius 3 is 2.41 bits per heavy atom. The van der Waals surface area contributed by atoms with Crippen molar-refractivity contribution in [1.82, 2.24) is 5.32 Å². The van der Waals surface area contributed by atoms with Gasteiger partial charge in [0.1, 0.15) is 6.61 Å². The molecule has 0 aliphatic rings. The fraction of sp³-hybridized carbons (Fsp3) is 0.500. The zero-order valence-electron chi connectivity index (χ0n) is 13.2. The van der Waals surface area contributed by atoms with Gasteiger partial charge in [0.05, 0.1) is 18.6 Å². The molecule has 1 rings (SSSR count). The Kier molecular flexibility index (Phi) is 6.85. The summed E-state index contributed by atoms with van der Waals surface area (Å²) in [6.45, 7) is 3.89. The lowest BCUT2D eigenvalue weighted by Crippen LogP contribution is -2.56. The maximum atomic E-state index is 12.0. The Morgan fingerprint density at radius 1 is 1.27 bits per heavy atom. The minimum atomic E-state index is -1.01. The second-order valence-electron chi connectivity index (χ2n) is 5.50. The fourth-order valence-electron chi connectivity index (χ4n) is 2.14. The summed E-state index contributed by atoms with van der Waals surface area (Å²) in [5, 5.41) is 11.8. The van der Waals surface area contributed by atoms with Crippen LogP contribution in [0.25, 0.3) is 0 Å². The molecule has 122 valence electrons. The molecule has 6 nitrogen and oxygen atoms in total. The number of alkyl carbamates (subject to hydrolysis) is 1. The van der Waals surface area contributed by atoms with Crippen LogP contribution in [0.5, 0.6) is 0 Å². The van der Waals surface area contributed by atoms with Gasteiger partial charge in [0.25, 0.3) is 0 Å². The molecule has 6 heteroatoms. The third-order valence-corrected chi connectivity index (χ3v) is 3.54. The lowest BCUT2D eigenvalue weighted by molar-refractivity contribution is -0.140. The SMILES string of the molecule is COCC(CC(=O)O)(NC(=O)OCc1ccccc1)C(C)C. The van der Waals surface area contributed by atoms with Gasteiger partial charge < -0.3 is 19.9 Å². The predicted molar refractivity (Wildman–Crippen MR) is 81.5 cm³/mol. The summed E-state index contributed by atoms with van der Waals surface area (Å²) >= 11 is 0. The highest BCUT2D eigenvalue weighted by atomic mass is 16.5. The maximum Gasteiger partial charge on any atom is 0.408 e. The first-order chi connectivity index (χ1) is 10.4. The van der Waals surface area contributed by atoms with Gasteiger partial charge in [-0.25, -0.2) is 4.79 Å². The van der Waals surface area contributed by atoms with Gasteiger partial charge >= 0.3 is 12.1 Å². The molecule has 0 saturated carbocycles. The van der Waals surface area contributed by atoms with Crippen molar-refractivity contribution >= 4 is 12.1 Å². The van der Waals surface area contributed by atoms with E-state index < -0.39 is 17.6 Å². The summed E-state index contributed by atoms with van der Waals surface area (Å²) in [4.78, 5) is 23.1. The highest BCUT2D eigenvalue weighted by molar-refractivity contribution is 5.73. The van der Waals surface area contributed by atoms with Gasteiger partial charge in [0.15, 0.2) is 0 Å². The first-order valence-electron chi connectivity index (χ1n) is 7.09. The maximum absolute atomic E-state index is 12.0. The molecule has 22 heavy (non-hydrogen) atoms. The van der Waals surface area contributed by atoms with E-state index in [1.165, 1.54) is 7.11 Å². The van der Waals surface area contributed by atoms with E-state index in [-0.39, 0.29) is 25.6 Å². The number of aliphatic carboxylic acids is 1. The second kappa shape index (κ2) is 8.38. The zero-order chi connectivity index (χ0) is 16.6. The third kappa shape index (κ3) is 5.37. The van der Waals surface area contributed by atoms with Crippen molar-refractivity contribution in [3.8, 4) is 0 Å². The number of ether oxygens (including phenoxy) is 2. The number of hydrogen-bond acceptors (Lipinski definition) is 4. The smallest absolute Gasteiger partial charge is 0.408 e. The molecule has 1 aromatic rings. The van der Waals surface area contributed by atoms with E-state index in [0.29, 0.717) is 0 Å². The number of methoxy groups -OCH3 is 1. The van der Waals surface area contributed by atoms with Crippen LogP contribution < -0.4 is 5.32 Å². The lowest BCUT2D eigenvalue weighted by Gasteiger charge is -2.36. The first-order valence-corrected chi connectivity index (χ1v) is 7.09. The molecular weight excluding hydrogens is 286 g/mol. The van der Waals surface area contributed by atoms with E-state index in [2.05, 4.69) is 5.32 Å². The number of amides is 1. The van der Waals surface area contributed by atoms with Gasteiger partial charge in [-0.05, 0) is 11.5 Å². The van der Waals surface area contributed by atoms with E-state index >= 15 is 0 Å². The Hall–Kier alpha value is -2.08. The van der Waals surface area contributed by atoms with Gasteiger partial charge in [0, 0.05) is 7.11 Å². The number of carbonyl (C=O) groups is 2. The summed E-state index contributed by atoms with van der Waals surface area (Å²) < 4.78 is 10.3. The van der Waals surface area contributed by atoms with Crippen LogP contribution in [-0.2, 0) is 20.9 Å². The third-order valence-electron chi connectivity index (χ3n) is 3.54. The highest BCUT2D eigenvalue weighted by Gasteiger charge is 2.38. The molecule has 1 unspecified atom stereocenters. The number of hydrogen-bond donors (Lipinski definition) is 2. The van der Waals surface area contributed by atoms with E-state index in [1.807, 2.05) is 44.2 Å². The average molecular weight is 309 g/mol. The number of carboxylic acid groups (broad SMARTS) is 1. The first kappa shape index (κ1) is 18.0. The quantitative estimate of drug-likeness (QED) is 0.770. The highest BCUT2D eigenvalue weighted by Crippen LogP contribution is 2.22. The van der Waals surface area contributed by atoms with Gasteiger partial charge in [-0.1, -0.05) is 44.2 Å². The molecule has 0 aliphatic heterocycles. The number of nitrogens with one attached hydrogen (secondary N) is 1. The minimum Gasteiger partial charge on any atom is -0.481 e. The predicted octanol–water partition coefficient (Wildman–Crippen LogP) is 2.43. The Bertz CT molecular complexity index is 489. The van der Waals surface area contributed by atoms with Crippen LogP contribution in [0.4, 0.5) is 4.79 Å². The summed E-state index contributed by atoms with van der Waals surface area (Å²) in [6.07, 6.45) is -0.894. The monoisotopic (exact) mass is 309 g/mol. The van der Waals surface area contributed by atoms with Crippen molar-refractivity contribution in [2.24, 2.45) is 5.92 Å². The molecule has 0 saturated heterocycles. The van der Waals surface area contributed by atoms with Gasteiger partial charge in [-0.15, -0.1) is 0 Å². The number of benzene rings is 1. The molecule has 2 N–H and O–H groups in total. The van der Waals surface area contributed by atoms with Gasteiger partial charge in [-0.3, -0.25) is 4.79 Å². The van der Waals surface area contributed by atoms with E-state index in [1.54, 1.807) is 0 Å². The molecular formula is C16H23NO5. The minimum absolute atomic E-state index is 0.0946. The second-order valence-corrected chi connectivity index (χ2v) is 5.50. The molecule has 1 amide bonds. The summed E-state index contributed by atoms with van der Waals surface area (Å²) in [7, 11) is 1.47. The van der Waals surface area contributed by atoms with Crippen molar-refractivity contribution in [3.63, 3.8) is 0 Å². The molecule has 0 fully saturated rings. The summed E-state index contributed by atoms with van der Waals surface area (Å²) in [6, 6.07) is 9.26. The number of carbonyl (C=O) groups excluding carboxylic acids is 1. The van der Waals surface area contributed by atoms with Crippen LogP contribution in [0.3, 0.4) is 0 Å². The van der Waals surface area contributed by atoms with Crippen molar-refractivity contribution in [2.75, 3.05) is 13.7 Å². The molecule has 0 spiro atoms. The summed E-state index contributed by atoms with van der Waals surface area (Å²) in [5.74, 6) is -1.14. The Morgan fingerprint density at radius 2 is 1.91 bits per heavy atom. The topological polar surface area (TPSA) is 84.9 Å². The fourth-order valence-corrected chi connectivity index (χ4v) is 2.14. The molecule has 0 heterocycles. The number of carboxylic acids is 1. The van der Waals surface area contributed by atoms with Crippen LogP contribution in [0.15, 0.2) is 30.3 Å². The standard InChI is InChI=1S/C16H23NO5/c1-12(2)16(11-21-3,9-14(18)19)17-15(20)22-10-13-7-5-4-6-8-13/h4-8,12H,9-11H2,1-3H3,(H,17,20)(H,18,19). The van der Waals surface area contributed by atoms with E-state index in [9.17, 15) is 9.59 Å². The molecule has 0 aromatic heterocycles. The lowest BCUT2D eigenvalue weighted by atomic mass is 9.84. The Balaban J connectivity index is 2.71. The van der Waals surface area contributed by atoms with Gasteiger partial charge in [0.2, 0.25) is 0 Å². The summed E-state index contributed by atoms with van der Waals surface area (Å²) in [5.41, 5.74) is -0.147. The molecule has 0 radical (unpaired) electrons. The zero-order valence-corrected chi connectivity index (χ0v) is 13.2. The molecule has 1 aromatic carbocycles. The van der Waals surface area contributed by atoms with Crippen LogP contribution in [0.2, 0.25) is 0 Å². The largest absolute Gasteiger partial charge is 0.481 e. The van der Waals surface area contributed by atoms with Gasteiger partial charge in [-0.2, -0.15) is 0 Å². The van der Waals surface area contributed by atoms with Crippen molar-refractivity contribution in [1.29, 1.82) is 0 Å². The van der Waals surface area contributed by atoms with E-state index in [4.69, 9.17) is 14.6 Å². The Labute approximate surface area is 130 Å². The number of rotatable bonds is 8. The molecule has 0 bridgehead atoms. The molecule has 0 aliphatic carbocycles. The van der Waals surface area contributed by atoms with E-state index in [0.717, 1.165) is 5.56 Å². The van der Waals surface area contributed by atoms with Crippen molar-refractivity contribution < 1.29 is 24.2 Å². The van der Waals surface area contributed by atoms with Crippen LogP contribution in [-0.4, -0.2) is 36.4 Å².